The van der Waals surface area contributed by atoms with Crippen molar-refractivity contribution in [2.24, 2.45) is 7.05 Å². The van der Waals surface area contributed by atoms with Crippen LogP contribution in [0.2, 0.25) is 0 Å². The SMILES string of the molecule is Cc1cccc(-c2nnc(SCC(=O)NC(C)(C)C)n2C)c1. The van der Waals surface area contributed by atoms with Gasteiger partial charge in [0.1, 0.15) is 0 Å². The van der Waals surface area contributed by atoms with Gasteiger partial charge < -0.3 is 9.88 Å². The van der Waals surface area contributed by atoms with E-state index in [0.717, 1.165) is 16.5 Å². The molecule has 0 bridgehead atoms. The van der Waals surface area contributed by atoms with Gasteiger partial charge in [-0.1, -0.05) is 35.5 Å². The van der Waals surface area contributed by atoms with E-state index in [9.17, 15) is 4.79 Å². The maximum atomic E-state index is 11.9. The number of aryl methyl sites for hydroxylation is 1. The van der Waals surface area contributed by atoms with Gasteiger partial charge in [0.15, 0.2) is 11.0 Å². The van der Waals surface area contributed by atoms with Crippen molar-refractivity contribution < 1.29 is 4.79 Å². The van der Waals surface area contributed by atoms with Crippen molar-refractivity contribution >= 4 is 17.7 Å². The van der Waals surface area contributed by atoms with E-state index in [1.807, 2.05) is 57.5 Å². The maximum Gasteiger partial charge on any atom is 0.230 e. The molecule has 0 fully saturated rings. The molecule has 22 heavy (non-hydrogen) atoms. The van der Waals surface area contributed by atoms with E-state index >= 15 is 0 Å². The highest BCUT2D eigenvalue weighted by Gasteiger charge is 2.16. The van der Waals surface area contributed by atoms with Crippen LogP contribution >= 0.6 is 11.8 Å². The summed E-state index contributed by atoms with van der Waals surface area (Å²) in [6.45, 7) is 7.95. The smallest absolute Gasteiger partial charge is 0.230 e. The van der Waals surface area contributed by atoms with Crippen LogP contribution in [0.3, 0.4) is 0 Å². The summed E-state index contributed by atoms with van der Waals surface area (Å²) in [4.78, 5) is 11.9. The number of hydrogen-bond donors (Lipinski definition) is 1. The van der Waals surface area contributed by atoms with Gasteiger partial charge in [-0.3, -0.25) is 4.79 Å². The number of carbonyl (C=O) groups excluding carboxylic acids is 1. The number of amides is 1. The van der Waals surface area contributed by atoms with Crippen molar-refractivity contribution in [1.29, 1.82) is 0 Å². The van der Waals surface area contributed by atoms with E-state index in [1.54, 1.807) is 0 Å². The van der Waals surface area contributed by atoms with Crippen molar-refractivity contribution in [3.63, 3.8) is 0 Å². The summed E-state index contributed by atoms with van der Waals surface area (Å²) < 4.78 is 1.92. The Balaban J connectivity index is 2.07. The zero-order valence-electron chi connectivity index (χ0n) is 13.7. The first kappa shape index (κ1) is 16.5. The molecule has 1 aromatic carbocycles. The molecule has 0 saturated carbocycles. The second-order valence-electron chi connectivity index (χ2n) is 6.32. The maximum absolute atomic E-state index is 11.9. The Morgan fingerprint density at radius 1 is 1.32 bits per heavy atom. The predicted molar refractivity (Wildman–Crippen MR) is 89.8 cm³/mol. The van der Waals surface area contributed by atoms with Crippen LogP contribution in [0.15, 0.2) is 29.4 Å². The topological polar surface area (TPSA) is 59.8 Å². The lowest BCUT2D eigenvalue weighted by atomic mass is 10.1. The van der Waals surface area contributed by atoms with Crippen LogP contribution in [-0.4, -0.2) is 32.0 Å². The van der Waals surface area contributed by atoms with Crippen LogP contribution < -0.4 is 5.32 Å². The summed E-state index contributed by atoms with van der Waals surface area (Å²) in [5, 5.41) is 12.1. The van der Waals surface area contributed by atoms with Gasteiger partial charge in [-0.15, -0.1) is 10.2 Å². The first-order valence-electron chi connectivity index (χ1n) is 7.16. The zero-order valence-corrected chi connectivity index (χ0v) is 14.5. The van der Waals surface area contributed by atoms with Crippen molar-refractivity contribution in [1.82, 2.24) is 20.1 Å². The Bertz CT molecular complexity index is 673. The summed E-state index contributed by atoms with van der Waals surface area (Å²) in [6, 6.07) is 8.14. The molecule has 2 aromatic rings. The van der Waals surface area contributed by atoms with Gasteiger partial charge in [-0.05, 0) is 33.8 Å². The Morgan fingerprint density at radius 2 is 2.05 bits per heavy atom. The molecule has 1 aromatic heterocycles. The second kappa shape index (κ2) is 6.52. The molecule has 1 amide bonds. The lowest BCUT2D eigenvalue weighted by Crippen LogP contribution is -2.41. The highest BCUT2D eigenvalue weighted by Crippen LogP contribution is 2.23. The van der Waals surface area contributed by atoms with Crippen LogP contribution in [0.1, 0.15) is 26.3 Å². The lowest BCUT2D eigenvalue weighted by molar-refractivity contribution is -0.119. The largest absolute Gasteiger partial charge is 0.351 e. The number of benzene rings is 1. The van der Waals surface area contributed by atoms with Crippen LogP contribution in [0.5, 0.6) is 0 Å². The summed E-state index contributed by atoms with van der Waals surface area (Å²) >= 11 is 1.39. The van der Waals surface area contributed by atoms with Gasteiger partial charge in [0, 0.05) is 18.2 Å². The highest BCUT2D eigenvalue weighted by atomic mass is 32.2. The van der Waals surface area contributed by atoms with Crippen molar-refractivity contribution in [3.05, 3.63) is 29.8 Å². The minimum atomic E-state index is -0.218. The Hall–Kier alpha value is -1.82. The van der Waals surface area contributed by atoms with Gasteiger partial charge in [0.05, 0.1) is 5.75 Å². The molecule has 1 N–H and O–H groups in total. The molecule has 6 heteroatoms. The molecule has 0 aliphatic rings. The van der Waals surface area contributed by atoms with Gasteiger partial charge in [0.2, 0.25) is 5.91 Å². The standard InChI is InChI=1S/C16H22N4OS/c1-11-7-6-8-12(9-11)14-18-19-15(20(14)5)22-10-13(21)17-16(2,3)4/h6-9H,10H2,1-5H3,(H,17,21). The monoisotopic (exact) mass is 318 g/mol. The van der Waals surface area contributed by atoms with Crippen molar-refractivity contribution in [2.45, 2.75) is 38.4 Å². The van der Waals surface area contributed by atoms with Crippen LogP contribution in [0.4, 0.5) is 0 Å². The minimum Gasteiger partial charge on any atom is -0.351 e. The second-order valence-corrected chi connectivity index (χ2v) is 7.26. The van der Waals surface area contributed by atoms with Gasteiger partial charge in [-0.2, -0.15) is 0 Å². The molecule has 0 unspecified atom stereocenters. The zero-order chi connectivity index (χ0) is 16.3. The Morgan fingerprint density at radius 3 is 2.68 bits per heavy atom. The number of hydrogen-bond acceptors (Lipinski definition) is 4. The minimum absolute atomic E-state index is 0.00222. The summed E-state index contributed by atoms with van der Waals surface area (Å²) in [6.07, 6.45) is 0. The molecule has 2 rings (SSSR count). The quantitative estimate of drug-likeness (QED) is 0.881. The number of thioether (sulfide) groups is 1. The Kier molecular flexibility index (Phi) is 4.90. The molecule has 0 saturated heterocycles. The van der Waals surface area contributed by atoms with Gasteiger partial charge >= 0.3 is 0 Å². The van der Waals surface area contributed by atoms with Crippen molar-refractivity contribution in [3.8, 4) is 11.4 Å². The summed E-state index contributed by atoms with van der Waals surface area (Å²) in [5.41, 5.74) is 1.99. The fourth-order valence-corrected chi connectivity index (χ4v) is 2.77. The number of nitrogens with zero attached hydrogens (tertiary/aromatic N) is 3. The highest BCUT2D eigenvalue weighted by molar-refractivity contribution is 7.99. The van der Waals surface area contributed by atoms with Crippen LogP contribution in [0.25, 0.3) is 11.4 Å². The summed E-state index contributed by atoms with van der Waals surface area (Å²) in [5.74, 6) is 1.14. The molecule has 0 atom stereocenters. The average Bonchev–Trinajstić information content (AvgIpc) is 2.76. The molecule has 0 aliphatic heterocycles. The normalized spacial score (nSPS) is 11.5. The fraction of sp³-hybridized carbons (Fsp3) is 0.438. The first-order valence-corrected chi connectivity index (χ1v) is 8.15. The van der Waals surface area contributed by atoms with E-state index in [-0.39, 0.29) is 11.4 Å². The third-order valence-corrected chi connectivity index (χ3v) is 3.98. The van der Waals surface area contributed by atoms with Crippen LogP contribution in [0, 0.1) is 6.92 Å². The van der Waals surface area contributed by atoms with E-state index < -0.39 is 0 Å². The van der Waals surface area contributed by atoms with E-state index in [1.165, 1.54) is 17.3 Å². The van der Waals surface area contributed by atoms with Crippen LogP contribution in [-0.2, 0) is 11.8 Å². The van der Waals surface area contributed by atoms with Gasteiger partial charge in [0.25, 0.3) is 0 Å². The van der Waals surface area contributed by atoms with Crippen molar-refractivity contribution in [2.75, 3.05) is 5.75 Å². The molecule has 0 radical (unpaired) electrons. The molecular weight excluding hydrogens is 296 g/mol. The Labute approximate surface area is 135 Å². The van der Waals surface area contributed by atoms with E-state index in [4.69, 9.17) is 0 Å². The molecule has 0 spiro atoms. The van der Waals surface area contributed by atoms with E-state index in [2.05, 4.69) is 21.6 Å². The molecule has 118 valence electrons. The molecular formula is C16H22N4OS. The number of aromatic nitrogens is 3. The molecule has 5 nitrogen and oxygen atoms in total. The average molecular weight is 318 g/mol. The predicted octanol–water partition coefficient (Wildman–Crippen LogP) is 2.80. The molecule has 0 aliphatic carbocycles. The van der Waals surface area contributed by atoms with Gasteiger partial charge in [-0.25, -0.2) is 0 Å². The van der Waals surface area contributed by atoms with E-state index in [0.29, 0.717) is 5.75 Å². The fourth-order valence-electron chi connectivity index (χ4n) is 2.06. The number of nitrogens with one attached hydrogen (secondary N) is 1. The third kappa shape index (κ3) is 4.34. The molecule has 1 heterocycles. The first-order chi connectivity index (χ1) is 10.3. The number of carbonyl (C=O) groups is 1. The number of rotatable bonds is 4. The lowest BCUT2D eigenvalue weighted by Gasteiger charge is -2.20. The third-order valence-electron chi connectivity index (χ3n) is 2.96. The summed E-state index contributed by atoms with van der Waals surface area (Å²) in [7, 11) is 1.92.